The van der Waals surface area contributed by atoms with Crippen molar-refractivity contribution in [3.05, 3.63) is 28.8 Å². The number of nitrogens with zero attached hydrogens (tertiary/aromatic N) is 2. The summed E-state index contributed by atoms with van der Waals surface area (Å²) in [5.41, 5.74) is 5.92. The van der Waals surface area contributed by atoms with Gasteiger partial charge in [-0.05, 0) is 24.5 Å². The second kappa shape index (κ2) is 5.63. The molecule has 1 aromatic carbocycles. The molecule has 0 bridgehead atoms. The minimum absolute atomic E-state index is 0.0982. The summed E-state index contributed by atoms with van der Waals surface area (Å²) in [5, 5.41) is 17.7. The van der Waals surface area contributed by atoms with Crippen molar-refractivity contribution in [1.82, 2.24) is 0 Å². The molecule has 0 atom stereocenters. The monoisotopic (exact) mass is 243 g/mol. The quantitative estimate of drug-likeness (QED) is 0.475. The Bertz CT molecular complexity index is 406. The number of hydrogen-bond acceptors (Lipinski definition) is 4. The highest BCUT2D eigenvalue weighted by atomic mass is 35.5. The van der Waals surface area contributed by atoms with Gasteiger partial charge in [0.05, 0.1) is 6.21 Å². The molecule has 0 heterocycles. The highest BCUT2D eigenvalue weighted by molar-refractivity contribution is 8.13. The van der Waals surface area contributed by atoms with Crippen LogP contribution in [0.4, 0.5) is 0 Å². The third kappa shape index (κ3) is 3.81. The minimum Gasteiger partial charge on any atom is -0.507 e. The van der Waals surface area contributed by atoms with E-state index in [0.717, 1.165) is 0 Å². The molecule has 0 fully saturated rings. The predicted octanol–water partition coefficient (Wildman–Crippen LogP) is 2.06. The van der Waals surface area contributed by atoms with Gasteiger partial charge in [-0.1, -0.05) is 23.4 Å². The first-order valence-electron chi connectivity index (χ1n) is 4.02. The summed E-state index contributed by atoms with van der Waals surface area (Å²) in [7, 11) is 0. The van der Waals surface area contributed by atoms with Gasteiger partial charge in [0.1, 0.15) is 5.75 Å². The summed E-state index contributed by atoms with van der Waals surface area (Å²) in [6.45, 7) is 0. The Labute approximate surface area is 96.8 Å². The Balaban J connectivity index is 2.84. The van der Waals surface area contributed by atoms with E-state index >= 15 is 0 Å². The third-order valence-electron chi connectivity index (χ3n) is 1.55. The molecule has 0 saturated carbocycles. The van der Waals surface area contributed by atoms with Crippen molar-refractivity contribution in [2.45, 2.75) is 0 Å². The van der Waals surface area contributed by atoms with E-state index in [4.69, 9.17) is 17.3 Å². The number of thioether (sulfide) groups is 1. The van der Waals surface area contributed by atoms with Gasteiger partial charge in [0.2, 0.25) is 0 Å². The predicted molar refractivity (Wildman–Crippen MR) is 65.8 cm³/mol. The average molecular weight is 244 g/mol. The molecule has 15 heavy (non-hydrogen) atoms. The number of amidine groups is 1. The highest BCUT2D eigenvalue weighted by Crippen LogP contribution is 2.19. The van der Waals surface area contributed by atoms with Gasteiger partial charge in [-0.3, -0.25) is 0 Å². The van der Waals surface area contributed by atoms with Crippen molar-refractivity contribution >= 4 is 34.7 Å². The summed E-state index contributed by atoms with van der Waals surface area (Å²) in [5.74, 6) is 0.0982. The Morgan fingerprint density at radius 1 is 1.60 bits per heavy atom. The molecule has 0 aliphatic carbocycles. The topological polar surface area (TPSA) is 71.0 Å². The van der Waals surface area contributed by atoms with E-state index in [-0.39, 0.29) is 5.75 Å². The smallest absolute Gasteiger partial charge is 0.180 e. The maximum Gasteiger partial charge on any atom is 0.180 e. The van der Waals surface area contributed by atoms with Crippen LogP contribution in [0.1, 0.15) is 5.56 Å². The first-order chi connectivity index (χ1) is 7.13. The Hall–Kier alpha value is -1.20. The van der Waals surface area contributed by atoms with Crippen molar-refractivity contribution in [3.63, 3.8) is 0 Å². The number of halogens is 1. The zero-order valence-corrected chi connectivity index (χ0v) is 9.59. The number of phenolic OH excluding ortho intramolecular Hbond substituents is 1. The molecule has 3 N–H and O–H groups in total. The number of benzene rings is 1. The fourth-order valence-electron chi connectivity index (χ4n) is 0.818. The number of aromatic hydroxyl groups is 1. The Morgan fingerprint density at radius 3 is 3.00 bits per heavy atom. The molecule has 1 rings (SSSR count). The number of rotatable bonds is 2. The van der Waals surface area contributed by atoms with Crippen molar-refractivity contribution < 1.29 is 5.11 Å². The number of nitrogens with two attached hydrogens (primary N) is 1. The van der Waals surface area contributed by atoms with Crippen LogP contribution in [0.2, 0.25) is 5.02 Å². The van der Waals surface area contributed by atoms with Crippen molar-refractivity contribution in [1.29, 1.82) is 0 Å². The summed E-state index contributed by atoms with van der Waals surface area (Å²) in [6.07, 6.45) is 3.19. The van der Waals surface area contributed by atoms with Crippen LogP contribution < -0.4 is 5.73 Å². The van der Waals surface area contributed by atoms with Crippen LogP contribution in [-0.2, 0) is 0 Å². The minimum atomic E-state index is 0.0982. The molecule has 0 aliphatic heterocycles. The maximum absolute atomic E-state index is 9.42. The summed E-state index contributed by atoms with van der Waals surface area (Å²) in [4.78, 5) is 0. The van der Waals surface area contributed by atoms with Crippen LogP contribution in [0.3, 0.4) is 0 Å². The van der Waals surface area contributed by atoms with Gasteiger partial charge in [-0.25, -0.2) is 0 Å². The molecule has 1 aromatic rings. The zero-order chi connectivity index (χ0) is 11.3. The maximum atomic E-state index is 9.42. The van der Waals surface area contributed by atoms with Gasteiger partial charge in [0.15, 0.2) is 5.17 Å². The standard InChI is InChI=1S/C9H10ClN3OS/c1-15-9(11)13-12-5-6-4-7(10)2-3-8(6)14/h2-5,14H,1H3,(H2,11,13)/b12-5+. The lowest BCUT2D eigenvalue weighted by Crippen LogP contribution is -2.03. The molecule has 0 spiro atoms. The Morgan fingerprint density at radius 2 is 2.33 bits per heavy atom. The molecular formula is C9H10ClN3OS. The van der Waals surface area contributed by atoms with Crippen LogP contribution in [0.5, 0.6) is 5.75 Å². The van der Waals surface area contributed by atoms with E-state index in [2.05, 4.69) is 10.2 Å². The van der Waals surface area contributed by atoms with E-state index in [1.807, 2.05) is 0 Å². The van der Waals surface area contributed by atoms with Gasteiger partial charge >= 0.3 is 0 Å². The first-order valence-corrected chi connectivity index (χ1v) is 5.62. The van der Waals surface area contributed by atoms with Gasteiger partial charge < -0.3 is 10.8 Å². The van der Waals surface area contributed by atoms with Crippen LogP contribution >= 0.6 is 23.4 Å². The molecule has 0 aliphatic rings. The molecule has 4 nitrogen and oxygen atoms in total. The fraction of sp³-hybridized carbons (Fsp3) is 0.111. The molecule has 0 radical (unpaired) electrons. The second-order valence-corrected chi connectivity index (χ2v) is 3.85. The van der Waals surface area contributed by atoms with Crippen LogP contribution in [0, 0.1) is 0 Å². The summed E-state index contributed by atoms with van der Waals surface area (Å²) in [6, 6.07) is 4.67. The van der Waals surface area contributed by atoms with Crippen molar-refractivity contribution in [2.24, 2.45) is 15.9 Å². The van der Waals surface area contributed by atoms with E-state index < -0.39 is 0 Å². The van der Waals surface area contributed by atoms with E-state index in [0.29, 0.717) is 15.8 Å². The lowest BCUT2D eigenvalue weighted by molar-refractivity contribution is 0.474. The molecule has 6 heteroatoms. The third-order valence-corrected chi connectivity index (χ3v) is 2.29. The van der Waals surface area contributed by atoms with E-state index in [1.54, 1.807) is 18.4 Å². The van der Waals surface area contributed by atoms with E-state index in [1.165, 1.54) is 24.0 Å². The average Bonchev–Trinajstić information content (AvgIpc) is 2.23. The lowest BCUT2D eigenvalue weighted by atomic mass is 10.2. The summed E-state index contributed by atoms with van der Waals surface area (Å²) < 4.78 is 0. The van der Waals surface area contributed by atoms with Crippen molar-refractivity contribution in [3.8, 4) is 5.75 Å². The van der Waals surface area contributed by atoms with Gasteiger partial charge in [-0.15, -0.1) is 5.10 Å². The number of hydrogen-bond donors (Lipinski definition) is 2. The zero-order valence-electron chi connectivity index (χ0n) is 8.01. The molecule has 0 aromatic heterocycles. The fourth-order valence-corrected chi connectivity index (χ4v) is 1.13. The summed E-state index contributed by atoms with van der Waals surface area (Å²) >= 11 is 7.04. The lowest BCUT2D eigenvalue weighted by Gasteiger charge is -1.97. The molecule has 0 saturated heterocycles. The van der Waals surface area contributed by atoms with Crippen LogP contribution in [-0.4, -0.2) is 22.7 Å². The van der Waals surface area contributed by atoms with Crippen LogP contribution in [0.15, 0.2) is 28.4 Å². The Kier molecular flexibility index (Phi) is 4.45. The largest absolute Gasteiger partial charge is 0.507 e. The highest BCUT2D eigenvalue weighted by Gasteiger charge is 1.98. The molecule has 0 amide bonds. The molecule has 0 unspecified atom stereocenters. The van der Waals surface area contributed by atoms with Crippen molar-refractivity contribution in [2.75, 3.05) is 6.26 Å². The second-order valence-electron chi connectivity index (χ2n) is 2.59. The van der Waals surface area contributed by atoms with E-state index in [9.17, 15) is 5.11 Å². The van der Waals surface area contributed by atoms with Gasteiger partial charge in [-0.2, -0.15) is 5.10 Å². The molecule has 80 valence electrons. The SMILES string of the molecule is CS/C(N)=N\N=C\c1cc(Cl)ccc1O. The van der Waals surface area contributed by atoms with Gasteiger partial charge in [0, 0.05) is 10.6 Å². The number of phenols is 1. The first kappa shape index (κ1) is 11.9. The van der Waals surface area contributed by atoms with Gasteiger partial charge in [0.25, 0.3) is 0 Å². The van der Waals surface area contributed by atoms with Crippen LogP contribution in [0.25, 0.3) is 0 Å². The normalized spacial score (nSPS) is 12.3. The molecular weight excluding hydrogens is 234 g/mol.